The minimum atomic E-state index is -0.366. The second-order valence-electron chi connectivity index (χ2n) is 4.38. The summed E-state index contributed by atoms with van der Waals surface area (Å²) in [6.45, 7) is 2.75. The third-order valence-corrected chi connectivity index (χ3v) is 3.77. The molecule has 1 aromatic heterocycles. The van der Waals surface area contributed by atoms with E-state index in [4.69, 9.17) is 0 Å². The maximum absolute atomic E-state index is 9.86. The van der Waals surface area contributed by atoms with Gasteiger partial charge < -0.3 is 15.7 Å². The van der Waals surface area contributed by atoms with Crippen LogP contribution in [0.4, 0.5) is 0 Å². The molecule has 3 nitrogen and oxygen atoms in total. The van der Waals surface area contributed by atoms with Gasteiger partial charge in [0, 0.05) is 19.1 Å². The second kappa shape index (κ2) is 6.35. The van der Waals surface area contributed by atoms with Crippen LogP contribution in [0.15, 0.2) is 16.8 Å². The Labute approximate surface area is 101 Å². The molecule has 2 unspecified atom stereocenters. The van der Waals surface area contributed by atoms with Crippen LogP contribution >= 0.6 is 11.3 Å². The lowest BCUT2D eigenvalue weighted by molar-refractivity contribution is 0.173. The highest BCUT2D eigenvalue weighted by Gasteiger charge is 2.13. The molecule has 1 aliphatic rings. The van der Waals surface area contributed by atoms with Crippen LogP contribution in [-0.2, 0) is 0 Å². The van der Waals surface area contributed by atoms with Crippen LogP contribution in [0.5, 0.6) is 0 Å². The number of aliphatic hydroxyl groups excluding tert-OH is 1. The molecule has 90 valence electrons. The number of hydrogen-bond donors (Lipinski definition) is 3. The van der Waals surface area contributed by atoms with E-state index < -0.39 is 0 Å². The first-order valence-electron chi connectivity index (χ1n) is 6.00. The predicted octanol–water partition coefficient (Wildman–Crippen LogP) is 1.51. The van der Waals surface area contributed by atoms with Gasteiger partial charge in [-0.1, -0.05) is 6.42 Å². The molecule has 0 spiro atoms. The van der Waals surface area contributed by atoms with E-state index in [0.717, 1.165) is 18.7 Å². The molecule has 0 aliphatic carbocycles. The maximum atomic E-state index is 9.86. The van der Waals surface area contributed by atoms with E-state index >= 15 is 0 Å². The van der Waals surface area contributed by atoms with Gasteiger partial charge in [-0.25, -0.2) is 0 Å². The van der Waals surface area contributed by atoms with Gasteiger partial charge in [0.05, 0.1) is 6.10 Å². The second-order valence-corrected chi connectivity index (χ2v) is 5.16. The number of rotatable bonds is 5. The summed E-state index contributed by atoms with van der Waals surface area (Å²) in [7, 11) is 0. The monoisotopic (exact) mass is 240 g/mol. The van der Waals surface area contributed by atoms with Gasteiger partial charge >= 0.3 is 0 Å². The topological polar surface area (TPSA) is 44.3 Å². The molecule has 3 N–H and O–H groups in total. The number of piperidine rings is 1. The van der Waals surface area contributed by atoms with Crippen LogP contribution in [-0.4, -0.2) is 30.8 Å². The van der Waals surface area contributed by atoms with Crippen LogP contribution in [0.1, 0.15) is 30.9 Å². The Hall–Kier alpha value is -0.420. The molecule has 1 aromatic rings. The average Bonchev–Trinajstić information content (AvgIpc) is 2.84. The third kappa shape index (κ3) is 3.56. The summed E-state index contributed by atoms with van der Waals surface area (Å²) in [5.74, 6) is 0. The van der Waals surface area contributed by atoms with Crippen LogP contribution < -0.4 is 10.6 Å². The zero-order chi connectivity index (χ0) is 11.2. The molecule has 16 heavy (non-hydrogen) atoms. The standard InChI is InChI=1S/C12H20N2OS/c15-12(10-4-6-16-9-10)8-13-7-11-3-1-2-5-14-11/h4,6,9,11-15H,1-3,5,7-8H2. The number of thiophene rings is 1. The normalized spacial score (nSPS) is 23.2. The SMILES string of the molecule is OC(CNCC1CCCCN1)c1ccsc1. The Morgan fingerprint density at radius 3 is 3.19 bits per heavy atom. The minimum absolute atomic E-state index is 0.366. The Bertz CT molecular complexity index is 283. The largest absolute Gasteiger partial charge is 0.387 e. The van der Waals surface area contributed by atoms with Crippen molar-refractivity contribution >= 4 is 11.3 Å². The highest BCUT2D eigenvalue weighted by molar-refractivity contribution is 7.07. The van der Waals surface area contributed by atoms with Crippen molar-refractivity contribution in [2.24, 2.45) is 0 Å². The predicted molar refractivity (Wildman–Crippen MR) is 67.8 cm³/mol. The van der Waals surface area contributed by atoms with Crippen molar-refractivity contribution in [3.05, 3.63) is 22.4 Å². The molecule has 2 rings (SSSR count). The minimum Gasteiger partial charge on any atom is -0.387 e. The quantitative estimate of drug-likeness (QED) is 0.731. The molecule has 1 fully saturated rings. The van der Waals surface area contributed by atoms with Crippen molar-refractivity contribution in [1.82, 2.24) is 10.6 Å². The zero-order valence-electron chi connectivity index (χ0n) is 9.48. The molecule has 4 heteroatoms. The van der Waals surface area contributed by atoms with Crippen molar-refractivity contribution in [1.29, 1.82) is 0 Å². The molecular formula is C12H20N2OS. The highest BCUT2D eigenvalue weighted by Crippen LogP contribution is 2.15. The van der Waals surface area contributed by atoms with Gasteiger partial charge in [0.25, 0.3) is 0 Å². The Kier molecular flexibility index (Phi) is 4.78. The first kappa shape index (κ1) is 12.0. The zero-order valence-corrected chi connectivity index (χ0v) is 10.3. The number of nitrogens with one attached hydrogen (secondary N) is 2. The van der Waals surface area contributed by atoms with E-state index in [2.05, 4.69) is 10.6 Å². The fourth-order valence-corrected chi connectivity index (χ4v) is 2.78. The summed E-state index contributed by atoms with van der Waals surface area (Å²) >= 11 is 1.63. The third-order valence-electron chi connectivity index (χ3n) is 3.07. The summed E-state index contributed by atoms with van der Waals surface area (Å²) in [5, 5.41) is 20.7. The molecule has 1 aliphatic heterocycles. The van der Waals surface area contributed by atoms with E-state index in [1.165, 1.54) is 19.3 Å². The molecule has 0 amide bonds. The van der Waals surface area contributed by atoms with Crippen LogP contribution in [0.3, 0.4) is 0 Å². The molecular weight excluding hydrogens is 220 g/mol. The van der Waals surface area contributed by atoms with Crippen LogP contribution in [0.25, 0.3) is 0 Å². The van der Waals surface area contributed by atoms with E-state index in [0.29, 0.717) is 12.6 Å². The fraction of sp³-hybridized carbons (Fsp3) is 0.667. The van der Waals surface area contributed by atoms with Crippen molar-refractivity contribution < 1.29 is 5.11 Å². The van der Waals surface area contributed by atoms with Gasteiger partial charge in [-0.3, -0.25) is 0 Å². The summed E-state index contributed by atoms with van der Waals surface area (Å²) in [6, 6.07) is 2.57. The van der Waals surface area contributed by atoms with Gasteiger partial charge in [0.1, 0.15) is 0 Å². The number of aliphatic hydroxyl groups is 1. The Morgan fingerprint density at radius 1 is 1.56 bits per heavy atom. The Morgan fingerprint density at radius 2 is 2.50 bits per heavy atom. The lowest BCUT2D eigenvalue weighted by Gasteiger charge is -2.24. The molecule has 1 saturated heterocycles. The van der Waals surface area contributed by atoms with Gasteiger partial charge in [-0.15, -0.1) is 0 Å². The lowest BCUT2D eigenvalue weighted by atomic mass is 10.1. The first-order valence-corrected chi connectivity index (χ1v) is 6.95. The molecule has 2 heterocycles. The van der Waals surface area contributed by atoms with E-state index in [9.17, 15) is 5.11 Å². The molecule has 0 radical (unpaired) electrons. The Balaban J connectivity index is 1.63. The van der Waals surface area contributed by atoms with Gasteiger partial charge in [0.15, 0.2) is 0 Å². The van der Waals surface area contributed by atoms with Crippen molar-refractivity contribution in [2.45, 2.75) is 31.4 Å². The maximum Gasteiger partial charge on any atom is 0.0922 e. The van der Waals surface area contributed by atoms with Gasteiger partial charge in [-0.05, 0) is 41.8 Å². The smallest absolute Gasteiger partial charge is 0.0922 e. The van der Waals surface area contributed by atoms with Crippen LogP contribution in [0.2, 0.25) is 0 Å². The molecule has 2 atom stereocenters. The van der Waals surface area contributed by atoms with Crippen molar-refractivity contribution in [2.75, 3.05) is 19.6 Å². The van der Waals surface area contributed by atoms with E-state index in [1.807, 2.05) is 16.8 Å². The van der Waals surface area contributed by atoms with Gasteiger partial charge in [0.2, 0.25) is 0 Å². The highest BCUT2D eigenvalue weighted by atomic mass is 32.1. The fourth-order valence-electron chi connectivity index (χ4n) is 2.07. The molecule has 0 aromatic carbocycles. The van der Waals surface area contributed by atoms with Crippen molar-refractivity contribution in [3.63, 3.8) is 0 Å². The van der Waals surface area contributed by atoms with Gasteiger partial charge in [-0.2, -0.15) is 11.3 Å². The lowest BCUT2D eigenvalue weighted by Crippen LogP contribution is -2.42. The average molecular weight is 240 g/mol. The van der Waals surface area contributed by atoms with E-state index in [-0.39, 0.29) is 6.10 Å². The van der Waals surface area contributed by atoms with E-state index in [1.54, 1.807) is 11.3 Å². The summed E-state index contributed by atoms with van der Waals surface area (Å²) < 4.78 is 0. The van der Waals surface area contributed by atoms with Crippen molar-refractivity contribution in [3.8, 4) is 0 Å². The summed E-state index contributed by atoms with van der Waals surface area (Å²) in [6.07, 6.45) is 3.51. The summed E-state index contributed by atoms with van der Waals surface area (Å²) in [4.78, 5) is 0. The molecule has 0 saturated carbocycles. The van der Waals surface area contributed by atoms with Crippen LogP contribution in [0, 0.1) is 0 Å². The summed E-state index contributed by atoms with van der Waals surface area (Å²) in [5.41, 5.74) is 1.02. The first-order chi connectivity index (χ1) is 7.86. The number of hydrogen-bond acceptors (Lipinski definition) is 4. The molecule has 0 bridgehead atoms.